The Kier molecular flexibility index (Phi) is 4.32. The highest BCUT2D eigenvalue weighted by Gasteiger charge is 2.51. The third-order valence-corrected chi connectivity index (χ3v) is 5.45. The topological polar surface area (TPSA) is 48.0 Å². The molecule has 2 heterocycles. The molecule has 2 unspecified atom stereocenters. The third kappa shape index (κ3) is 3.08. The van der Waals surface area contributed by atoms with Gasteiger partial charge in [0.15, 0.2) is 11.5 Å². The van der Waals surface area contributed by atoms with E-state index in [1.807, 2.05) is 61.5 Å². The van der Waals surface area contributed by atoms with E-state index in [0.717, 1.165) is 16.8 Å². The van der Waals surface area contributed by atoms with Gasteiger partial charge in [0.25, 0.3) is 5.91 Å². The minimum absolute atomic E-state index is 0.113. The van der Waals surface area contributed by atoms with Crippen LogP contribution in [-0.2, 0) is 4.79 Å². The van der Waals surface area contributed by atoms with Crippen LogP contribution in [-0.4, -0.2) is 18.8 Å². The summed E-state index contributed by atoms with van der Waals surface area (Å²) in [5.41, 5.74) is 2.62. The van der Waals surface area contributed by atoms with Crippen molar-refractivity contribution >= 4 is 23.2 Å². The summed E-state index contributed by atoms with van der Waals surface area (Å²) in [6.45, 7) is 2.16. The van der Waals surface area contributed by atoms with Gasteiger partial charge >= 0.3 is 0 Å². The summed E-state index contributed by atoms with van der Waals surface area (Å²) in [5.74, 6) is 1.95. The van der Waals surface area contributed by atoms with Crippen LogP contribution in [0.5, 0.6) is 17.2 Å². The Hall–Kier alpha value is -3.18. The van der Waals surface area contributed by atoms with Crippen LogP contribution in [0.15, 0.2) is 66.7 Å². The Morgan fingerprint density at radius 2 is 1.83 bits per heavy atom. The Bertz CT molecular complexity index is 1100. The number of nitrogens with zero attached hydrogens (tertiary/aromatic N) is 1. The number of aryl methyl sites for hydroxylation is 1. The number of carbonyl (C=O) groups excluding carboxylic acids is 1. The lowest BCUT2D eigenvalue weighted by atomic mass is 9.89. The molecule has 2 aliphatic heterocycles. The van der Waals surface area contributed by atoms with Gasteiger partial charge in [-0.15, -0.1) is 0 Å². The highest BCUT2D eigenvalue weighted by atomic mass is 35.5. The van der Waals surface area contributed by atoms with E-state index in [9.17, 15) is 4.79 Å². The summed E-state index contributed by atoms with van der Waals surface area (Å²) >= 11 is 6.17. The fraction of sp³-hybridized carbons (Fsp3) is 0.174. The molecular weight excluding hydrogens is 390 g/mol. The zero-order chi connectivity index (χ0) is 20.0. The SMILES string of the molecule is Cc1ccccc1OC1C(=O)N(c2cccc(Cl)c2)C1c1ccc2c(c1)OCO2. The van der Waals surface area contributed by atoms with Crippen LogP contribution in [0.4, 0.5) is 5.69 Å². The number of β-lactam (4-membered cyclic amide) rings is 1. The molecular formula is C23H18ClNO4. The van der Waals surface area contributed by atoms with Gasteiger partial charge in [-0.3, -0.25) is 9.69 Å². The fourth-order valence-corrected chi connectivity index (χ4v) is 3.92. The summed E-state index contributed by atoms with van der Waals surface area (Å²) in [5, 5.41) is 0.572. The lowest BCUT2D eigenvalue weighted by molar-refractivity contribution is -0.135. The molecule has 0 aromatic heterocycles. The van der Waals surface area contributed by atoms with Crippen LogP contribution in [0, 0.1) is 6.92 Å². The van der Waals surface area contributed by atoms with Gasteiger partial charge in [0.05, 0.1) is 0 Å². The zero-order valence-corrected chi connectivity index (χ0v) is 16.4. The van der Waals surface area contributed by atoms with E-state index in [4.69, 9.17) is 25.8 Å². The largest absolute Gasteiger partial charge is 0.478 e. The van der Waals surface area contributed by atoms with E-state index in [2.05, 4.69) is 0 Å². The first kappa shape index (κ1) is 17.9. The van der Waals surface area contributed by atoms with E-state index in [-0.39, 0.29) is 18.7 Å². The number of carbonyl (C=O) groups is 1. The van der Waals surface area contributed by atoms with Crippen molar-refractivity contribution in [2.24, 2.45) is 0 Å². The highest BCUT2D eigenvalue weighted by Crippen LogP contribution is 2.44. The van der Waals surface area contributed by atoms with Gasteiger partial charge in [-0.1, -0.05) is 41.9 Å². The number of benzene rings is 3. The van der Waals surface area contributed by atoms with Gasteiger partial charge < -0.3 is 14.2 Å². The number of rotatable bonds is 4. The van der Waals surface area contributed by atoms with E-state index in [0.29, 0.717) is 22.3 Å². The molecule has 0 N–H and O–H groups in total. The maximum Gasteiger partial charge on any atom is 0.271 e. The van der Waals surface area contributed by atoms with Crippen molar-refractivity contribution in [3.05, 3.63) is 82.9 Å². The van der Waals surface area contributed by atoms with Crippen LogP contribution < -0.4 is 19.1 Å². The molecule has 3 aromatic rings. The maximum atomic E-state index is 13.1. The van der Waals surface area contributed by atoms with Crippen molar-refractivity contribution in [2.75, 3.05) is 11.7 Å². The van der Waals surface area contributed by atoms with Crippen LogP contribution in [0.2, 0.25) is 5.02 Å². The normalized spacial score (nSPS) is 19.8. The molecule has 1 saturated heterocycles. The molecule has 29 heavy (non-hydrogen) atoms. The molecule has 2 atom stereocenters. The van der Waals surface area contributed by atoms with Gasteiger partial charge in [0, 0.05) is 10.7 Å². The Morgan fingerprint density at radius 3 is 2.66 bits per heavy atom. The average Bonchev–Trinajstić information content (AvgIpc) is 3.19. The van der Waals surface area contributed by atoms with Crippen molar-refractivity contribution in [1.29, 1.82) is 0 Å². The minimum Gasteiger partial charge on any atom is -0.478 e. The van der Waals surface area contributed by atoms with Crippen molar-refractivity contribution in [3.63, 3.8) is 0 Å². The number of ether oxygens (including phenoxy) is 3. The van der Waals surface area contributed by atoms with Crippen LogP contribution >= 0.6 is 11.6 Å². The quantitative estimate of drug-likeness (QED) is 0.576. The smallest absolute Gasteiger partial charge is 0.271 e. The molecule has 5 nitrogen and oxygen atoms in total. The van der Waals surface area contributed by atoms with Crippen molar-refractivity contribution in [1.82, 2.24) is 0 Å². The lowest BCUT2D eigenvalue weighted by Gasteiger charge is -2.46. The molecule has 3 aromatic carbocycles. The molecule has 5 rings (SSSR count). The molecule has 0 bridgehead atoms. The van der Waals surface area contributed by atoms with E-state index >= 15 is 0 Å². The number of anilines is 1. The average molecular weight is 408 g/mol. The highest BCUT2D eigenvalue weighted by molar-refractivity contribution is 6.31. The predicted octanol–water partition coefficient (Wildman–Crippen LogP) is 4.91. The standard InChI is InChI=1S/C23H18ClNO4/c1-14-5-2-3-8-18(14)29-22-21(15-9-10-19-20(11-15)28-13-27-19)25(23(22)26)17-7-4-6-16(24)12-17/h2-12,21-22H,13H2,1H3. The van der Waals surface area contributed by atoms with Gasteiger partial charge in [0.1, 0.15) is 11.8 Å². The summed E-state index contributed by atoms with van der Waals surface area (Å²) in [4.78, 5) is 14.8. The minimum atomic E-state index is -0.643. The molecule has 0 radical (unpaired) electrons. The predicted molar refractivity (Wildman–Crippen MR) is 110 cm³/mol. The van der Waals surface area contributed by atoms with Crippen LogP contribution in [0.3, 0.4) is 0 Å². The van der Waals surface area contributed by atoms with Crippen LogP contribution in [0.1, 0.15) is 17.2 Å². The maximum absolute atomic E-state index is 13.1. The van der Waals surface area contributed by atoms with Gasteiger partial charge in [-0.25, -0.2) is 0 Å². The monoisotopic (exact) mass is 407 g/mol. The molecule has 0 spiro atoms. The van der Waals surface area contributed by atoms with Crippen molar-refractivity contribution < 1.29 is 19.0 Å². The number of para-hydroxylation sites is 1. The van der Waals surface area contributed by atoms with E-state index in [1.54, 1.807) is 17.0 Å². The second-order valence-electron chi connectivity index (χ2n) is 7.05. The van der Waals surface area contributed by atoms with E-state index in [1.165, 1.54) is 0 Å². The molecule has 146 valence electrons. The summed E-state index contributed by atoms with van der Waals surface area (Å²) in [6.07, 6.45) is -0.643. The van der Waals surface area contributed by atoms with Crippen molar-refractivity contribution in [2.45, 2.75) is 19.1 Å². The lowest BCUT2D eigenvalue weighted by Crippen LogP contribution is -2.61. The van der Waals surface area contributed by atoms with E-state index < -0.39 is 6.10 Å². The first-order valence-electron chi connectivity index (χ1n) is 9.32. The van der Waals surface area contributed by atoms with Gasteiger partial charge in [-0.2, -0.15) is 0 Å². The number of hydrogen-bond acceptors (Lipinski definition) is 4. The summed E-state index contributed by atoms with van der Waals surface area (Å²) < 4.78 is 17.1. The molecule has 1 fully saturated rings. The molecule has 2 aliphatic rings. The molecule has 1 amide bonds. The third-order valence-electron chi connectivity index (χ3n) is 5.22. The summed E-state index contributed by atoms with van der Waals surface area (Å²) in [6, 6.07) is 20.3. The Labute approximate surface area is 173 Å². The molecule has 0 aliphatic carbocycles. The molecule has 0 saturated carbocycles. The number of fused-ring (bicyclic) bond motifs is 1. The zero-order valence-electron chi connectivity index (χ0n) is 15.7. The van der Waals surface area contributed by atoms with Gasteiger partial charge in [-0.05, 0) is 54.4 Å². The number of halogens is 1. The molecule has 6 heteroatoms. The van der Waals surface area contributed by atoms with Crippen molar-refractivity contribution in [3.8, 4) is 17.2 Å². The number of hydrogen-bond donors (Lipinski definition) is 0. The first-order chi connectivity index (χ1) is 14.1. The summed E-state index contributed by atoms with van der Waals surface area (Å²) in [7, 11) is 0. The second kappa shape index (κ2) is 7.01. The first-order valence-corrected chi connectivity index (χ1v) is 9.70. The van der Waals surface area contributed by atoms with Gasteiger partial charge in [0.2, 0.25) is 12.9 Å². The number of amides is 1. The Balaban J connectivity index is 1.54. The Morgan fingerprint density at radius 1 is 1.00 bits per heavy atom. The second-order valence-corrected chi connectivity index (χ2v) is 7.49. The fourth-order valence-electron chi connectivity index (χ4n) is 3.74. The van der Waals surface area contributed by atoms with Crippen LogP contribution in [0.25, 0.3) is 0 Å².